The van der Waals surface area contributed by atoms with E-state index in [1.807, 2.05) is 36.4 Å². The number of ether oxygens (including phenoxy) is 1. The molecule has 0 spiro atoms. The van der Waals surface area contributed by atoms with Crippen molar-refractivity contribution >= 4 is 0 Å². The van der Waals surface area contributed by atoms with Crippen molar-refractivity contribution in [2.24, 2.45) is 5.73 Å². The summed E-state index contributed by atoms with van der Waals surface area (Å²) in [4.78, 5) is 0. The van der Waals surface area contributed by atoms with Crippen molar-refractivity contribution in [2.45, 2.75) is 12.8 Å². The largest absolute Gasteiger partial charge is 0.508 e. The van der Waals surface area contributed by atoms with E-state index in [0.29, 0.717) is 12.3 Å². The third kappa shape index (κ3) is 3.25. The van der Waals surface area contributed by atoms with Gasteiger partial charge in [-0.05, 0) is 55.3 Å². The molecule has 3 nitrogen and oxygen atoms in total. The number of benzene rings is 2. The molecule has 0 saturated carbocycles. The van der Waals surface area contributed by atoms with Crippen molar-refractivity contribution in [2.75, 3.05) is 6.54 Å². The molecule has 3 heteroatoms. The third-order valence-corrected chi connectivity index (χ3v) is 2.68. The van der Waals surface area contributed by atoms with Crippen LogP contribution in [-0.4, -0.2) is 11.7 Å². The van der Waals surface area contributed by atoms with Crippen LogP contribution in [-0.2, 0) is 6.42 Å². The van der Waals surface area contributed by atoms with Crippen LogP contribution in [0.25, 0.3) is 0 Å². The van der Waals surface area contributed by atoms with Gasteiger partial charge in [0.25, 0.3) is 0 Å². The summed E-state index contributed by atoms with van der Waals surface area (Å²) in [5.74, 6) is 1.81. The van der Waals surface area contributed by atoms with Crippen LogP contribution in [0, 0.1) is 0 Å². The highest BCUT2D eigenvalue weighted by atomic mass is 16.5. The minimum atomic E-state index is 0.295. The Morgan fingerprint density at radius 1 is 1.00 bits per heavy atom. The van der Waals surface area contributed by atoms with Crippen LogP contribution in [0.5, 0.6) is 17.2 Å². The summed E-state index contributed by atoms with van der Waals surface area (Å²) >= 11 is 0. The number of hydrogen-bond donors (Lipinski definition) is 2. The van der Waals surface area contributed by atoms with E-state index in [1.165, 1.54) is 0 Å². The third-order valence-electron chi connectivity index (χ3n) is 2.68. The molecule has 94 valence electrons. The molecule has 0 heterocycles. The Morgan fingerprint density at radius 2 is 1.78 bits per heavy atom. The van der Waals surface area contributed by atoms with Crippen LogP contribution in [0.4, 0.5) is 0 Å². The average Bonchev–Trinajstić information content (AvgIpc) is 2.40. The molecule has 0 aliphatic rings. The van der Waals surface area contributed by atoms with Crippen LogP contribution >= 0.6 is 0 Å². The first-order valence-corrected chi connectivity index (χ1v) is 6.04. The van der Waals surface area contributed by atoms with Crippen molar-refractivity contribution in [3.63, 3.8) is 0 Å². The van der Waals surface area contributed by atoms with E-state index in [0.717, 1.165) is 29.9 Å². The molecule has 0 aliphatic carbocycles. The van der Waals surface area contributed by atoms with Crippen LogP contribution in [0.2, 0.25) is 0 Å². The highest BCUT2D eigenvalue weighted by Gasteiger charge is 2.04. The van der Waals surface area contributed by atoms with Crippen molar-refractivity contribution < 1.29 is 9.84 Å². The average molecular weight is 243 g/mol. The molecule has 2 rings (SSSR count). The number of rotatable bonds is 5. The van der Waals surface area contributed by atoms with Gasteiger partial charge in [-0.15, -0.1) is 0 Å². The molecule has 2 aromatic carbocycles. The number of aromatic hydroxyl groups is 1. The van der Waals surface area contributed by atoms with Crippen molar-refractivity contribution in [3.8, 4) is 17.2 Å². The zero-order valence-corrected chi connectivity index (χ0v) is 10.2. The van der Waals surface area contributed by atoms with Gasteiger partial charge in [0.2, 0.25) is 0 Å². The minimum absolute atomic E-state index is 0.295. The first-order chi connectivity index (χ1) is 8.79. The van der Waals surface area contributed by atoms with Gasteiger partial charge in [0.1, 0.15) is 17.2 Å². The van der Waals surface area contributed by atoms with Gasteiger partial charge in [-0.3, -0.25) is 0 Å². The second kappa shape index (κ2) is 6.07. The maximum Gasteiger partial charge on any atom is 0.127 e. The second-order valence-corrected chi connectivity index (χ2v) is 4.10. The van der Waals surface area contributed by atoms with Crippen LogP contribution in [0.15, 0.2) is 48.5 Å². The molecule has 0 amide bonds. The summed E-state index contributed by atoms with van der Waals surface area (Å²) in [5, 5.41) is 9.73. The number of para-hydroxylation sites is 1. The van der Waals surface area contributed by atoms with Gasteiger partial charge < -0.3 is 15.6 Å². The van der Waals surface area contributed by atoms with Crippen molar-refractivity contribution in [3.05, 3.63) is 54.1 Å². The Labute approximate surface area is 107 Å². The van der Waals surface area contributed by atoms with Crippen LogP contribution in [0.3, 0.4) is 0 Å². The SMILES string of the molecule is NCCCc1cc(Oc2ccccc2)ccc1O. The number of aryl methyl sites for hydroxylation is 1. The quantitative estimate of drug-likeness (QED) is 0.848. The molecule has 0 atom stereocenters. The number of nitrogens with two attached hydrogens (primary N) is 1. The maximum absolute atomic E-state index is 9.73. The van der Waals surface area contributed by atoms with E-state index in [1.54, 1.807) is 12.1 Å². The molecule has 2 aromatic rings. The fourth-order valence-electron chi connectivity index (χ4n) is 1.74. The van der Waals surface area contributed by atoms with E-state index in [-0.39, 0.29) is 0 Å². The summed E-state index contributed by atoms with van der Waals surface area (Å²) in [6.07, 6.45) is 1.61. The van der Waals surface area contributed by atoms with Gasteiger partial charge in [-0.25, -0.2) is 0 Å². The Balaban J connectivity index is 2.14. The van der Waals surface area contributed by atoms with Gasteiger partial charge in [0.05, 0.1) is 0 Å². The molecule has 0 radical (unpaired) electrons. The van der Waals surface area contributed by atoms with E-state index in [9.17, 15) is 5.11 Å². The minimum Gasteiger partial charge on any atom is -0.508 e. The number of phenolic OH excluding ortho intramolecular Hbond substituents is 1. The Morgan fingerprint density at radius 3 is 2.50 bits per heavy atom. The lowest BCUT2D eigenvalue weighted by molar-refractivity contribution is 0.457. The van der Waals surface area contributed by atoms with Gasteiger partial charge in [-0.2, -0.15) is 0 Å². The normalized spacial score (nSPS) is 10.3. The standard InChI is InChI=1S/C15H17NO2/c16-10-4-5-12-11-14(8-9-15(12)17)18-13-6-2-1-3-7-13/h1-3,6-9,11,17H,4-5,10,16H2. The maximum atomic E-state index is 9.73. The zero-order chi connectivity index (χ0) is 12.8. The van der Waals surface area contributed by atoms with E-state index in [4.69, 9.17) is 10.5 Å². The summed E-state index contributed by atoms with van der Waals surface area (Å²) in [6.45, 7) is 0.614. The fraction of sp³-hybridized carbons (Fsp3) is 0.200. The number of hydrogen-bond acceptors (Lipinski definition) is 3. The molecular weight excluding hydrogens is 226 g/mol. The first kappa shape index (κ1) is 12.5. The van der Waals surface area contributed by atoms with Crippen molar-refractivity contribution in [1.29, 1.82) is 0 Å². The first-order valence-electron chi connectivity index (χ1n) is 6.04. The lowest BCUT2D eigenvalue weighted by Gasteiger charge is -2.09. The van der Waals surface area contributed by atoms with Crippen LogP contribution in [0.1, 0.15) is 12.0 Å². The van der Waals surface area contributed by atoms with E-state index >= 15 is 0 Å². The van der Waals surface area contributed by atoms with Crippen molar-refractivity contribution in [1.82, 2.24) is 0 Å². The molecular formula is C15H17NO2. The summed E-state index contributed by atoms with van der Waals surface area (Å²) in [7, 11) is 0. The smallest absolute Gasteiger partial charge is 0.127 e. The summed E-state index contributed by atoms with van der Waals surface area (Å²) in [5.41, 5.74) is 6.34. The molecule has 0 saturated heterocycles. The van der Waals surface area contributed by atoms with Crippen LogP contribution < -0.4 is 10.5 Å². The van der Waals surface area contributed by atoms with Gasteiger partial charge >= 0.3 is 0 Å². The second-order valence-electron chi connectivity index (χ2n) is 4.10. The Bertz CT molecular complexity index is 497. The molecule has 18 heavy (non-hydrogen) atoms. The Kier molecular flexibility index (Phi) is 4.20. The highest BCUT2D eigenvalue weighted by Crippen LogP contribution is 2.27. The molecule has 3 N–H and O–H groups in total. The molecule has 0 unspecified atom stereocenters. The molecule has 0 aromatic heterocycles. The molecule has 0 bridgehead atoms. The topological polar surface area (TPSA) is 55.5 Å². The van der Waals surface area contributed by atoms with E-state index in [2.05, 4.69) is 0 Å². The summed E-state index contributed by atoms with van der Waals surface area (Å²) in [6, 6.07) is 14.8. The van der Waals surface area contributed by atoms with Gasteiger partial charge in [0.15, 0.2) is 0 Å². The zero-order valence-electron chi connectivity index (χ0n) is 10.2. The Hall–Kier alpha value is -2.00. The lowest BCUT2D eigenvalue weighted by Crippen LogP contribution is -2.00. The van der Waals surface area contributed by atoms with E-state index < -0.39 is 0 Å². The predicted octanol–water partition coefficient (Wildman–Crippen LogP) is 3.08. The predicted molar refractivity (Wildman–Crippen MR) is 72.0 cm³/mol. The monoisotopic (exact) mass is 243 g/mol. The lowest BCUT2D eigenvalue weighted by atomic mass is 10.1. The molecule has 0 fully saturated rings. The fourth-order valence-corrected chi connectivity index (χ4v) is 1.74. The van der Waals surface area contributed by atoms with Gasteiger partial charge in [-0.1, -0.05) is 18.2 Å². The van der Waals surface area contributed by atoms with Gasteiger partial charge in [0, 0.05) is 0 Å². The molecule has 0 aliphatic heterocycles. The number of phenols is 1. The summed E-state index contributed by atoms with van der Waals surface area (Å²) < 4.78 is 5.71. The highest BCUT2D eigenvalue weighted by molar-refractivity contribution is 5.41.